The summed E-state index contributed by atoms with van der Waals surface area (Å²) in [5.41, 5.74) is 0.955. The van der Waals surface area contributed by atoms with Crippen LogP contribution in [0.3, 0.4) is 0 Å². The maximum Gasteiger partial charge on any atom is 0.269 e. The second-order valence-corrected chi connectivity index (χ2v) is 6.25. The number of nitrogens with one attached hydrogen (secondary N) is 1. The first kappa shape index (κ1) is 16.7. The Morgan fingerprint density at radius 3 is 2.40 bits per heavy atom. The van der Waals surface area contributed by atoms with E-state index in [1.54, 1.807) is 18.3 Å². The van der Waals surface area contributed by atoms with Crippen LogP contribution in [0.5, 0.6) is 0 Å². The fraction of sp³-hybridized carbons (Fsp3) is 0.0588. The highest BCUT2D eigenvalue weighted by molar-refractivity contribution is 7.99. The minimum Gasteiger partial charge on any atom is -0.329 e. The van der Waals surface area contributed by atoms with Crippen LogP contribution in [-0.2, 0) is 7.05 Å². The summed E-state index contributed by atoms with van der Waals surface area (Å²) in [6.45, 7) is 0. The van der Waals surface area contributed by atoms with Gasteiger partial charge in [0, 0.05) is 47.7 Å². The van der Waals surface area contributed by atoms with Crippen molar-refractivity contribution in [3.63, 3.8) is 0 Å². The van der Waals surface area contributed by atoms with Crippen LogP contribution in [0, 0.1) is 10.1 Å². The Hall–Kier alpha value is -3.13. The number of hydrogen-bond donors (Lipinski definition) is 1. The van der Waals surface area contributed by atoms with Crippen molar-refractivity contribution in [1.29, 1.82) is 0 Å². The Kier molecular flexibility index (Phi) is 4.80. The zero-order valence-electron chi connectivity index (χ0n) is 13.2. The fourth-order valence-electron chi connectivity index (χ4n) is 2.10. The van der Waals surface area contributed by atoms with Gasteiger partial charge in [-0.3, -0.25) is 14.9 Å². The lowest BCUT2D eigenvalue weighted by Gasteiger charge is -2.06. The summed E-state index contributed by atoms with van der Waals surface area (Å²) >= 11 is 1.52. The maximum atomic E-state index is 12.2. The van der Waals surface area contributed by atoms with E-state index in [9.17, 15) is 14.9 Å². The number of nitrogens with zero attached hydrogens (tertiary/aromatic N) is 3. The average Bonchev–Trinajstić information content (AvgIpc) is 3.01. The normalized spacial score (nSPS) is 10.4. The van der Waals surface area contributed by atoms with Gasteiger partial charge in [-0.05, 0) is 36.4 Å². The Labute approximate surface area is 147 Å². The number of aryl methyl sites for hydroxylation is 1. The van der Waals surface area contributed by atoms with E-state index in [4.69, 9.17) is 0 Å². The number of rotatable bonds is 5. The number of carbonyl (C=O) groups is 1. The van der Waals surface area contributed by atoms with Crippen molar-refractivity contribution >= 4 is 29.0 Å². The zero-order chi connectivity index (χ0) is 17.8. The molecule has 0 atom stereocenters. The second-order valence-electron chi connectivity index (χ2n) is 5.21. The molecule has 0 aliphatic rings. The maximum absolute atomic E-state index is 12.2. The van der Waals surface area contributed by atoms with Gasteiger partial charge < -0.3 is 9.88 Å². The van der Waals surface area contributed by atoms with Crippen LogP contribution >= 0.6 is 11.8 Å². The van der Waals surface area contributed by atoms with Crippen LogP contribution in [0.15, 0.2) is 71.0 Å². The molecule has 25 heavy (non-hydrogen) atoms. The lowest BCUT2D eigenvalue weighted by molar-refractivity contribution is -0.384. The Bertz CT molecular complexity index is 904. The van der Waals surface area contributed by atoms with E-state index in [1.165, 1.54) is 36.0 Å². The van der Waals surface area contributed by atoms with Crippen molar-refractivity contribution in [3.8, 4) is 0 Å². The second kappa shape index (κ2) is 7.18. The van der Waals surface area contributed by atoms with E-state index in [-0.39, 0.29) is 11.6 Å². The van der Waals surface area contributed by atoms with Gasteiger partial charge in [0.05, 0.1) is 4.92 Å². The first-order valence-electron chi connectivity index (χ1n) is 7.34. The molecule has 0 saturated carbocycles. The summed E-state index contributed by atoms with van der Waals surface area (Å²) in [5.74, 6) is -0.320. The Balaban J connectivity index is 1.65. The standard InChI is InChI=1S/C17H14N4O3S/c1-20-11-10-18-17(20)25-15-8-4-13(5-9-15)19-16(22)12-2-6-14(7-3-12)21(23)24/h2-11H,1H3,(H,19,22). The van der Waals surface area contributed by atoms with Crippen LogP contribution in [0.1, 0.15) is 10.4 Å². The molecular weight excluding hydrogens is 340 g/mol. The number of hydrogen-bond acceptors (Lipinski definition) is 5. The van der Waals surface area contributed by atoms with Crippen molar-refractivity contribution in [1.82, 2.24) is 9.55 Å². The predicted octanol–water partition coefficient (Wildman–Crippen LogP) is 3.73. The first-order valence-corrected chi connectivity index (χ1v) is 8.15. The number of benzene rings is 2. The topological polar surface area (TPSA) is 90.1 Å². The van der Waals surface area contributed by atoms with Crippen molar-refractivity contribution in [2.45, 2.75) is 10.1 Å². The molecule has 3 rings (SSSR count). The molecule has 3 aromatic rings. The highest BCUT2D eigenvalue weighted by atomic mass is 32.2. The summed E-state index contributed by atoms with van der Waals surface area (Å²) < 4.78 is 1.93. The molecule has 7 nitrogen and oxygen atoms in total. The minimum absolute atomic E-state index is 0.0489. The lowest BCUT2D eigenvalue weighted by Crippen LogP contribution is -2.11. The molecule has 0 fully saturated rings. The largest absolute Gasteiger partial charge is 0.329 e. The predicted molar refractivity (Wildman–Crippen MR) is 94.8 cm³/mol. The molecule has 2 aromatic carbocycles. The van der Waals surface area contributed by atoms with Gasteiger partial charge in [-0.15, -0.1) is 0 Å². The van der Waals surface area contributed by atoms with E-state index < -0.39 is 4.92 Å². The number of nitro groups is 1. The van der Waals surface area contributed by atoms with Gasteiger partial charge in [0.25, 0.3) is 11.6 Å². The van der Waals surface area contributed by atoms with Crippen LogP contribution in [0.25, 0.3) is 0 Å². The summed E-state index contributed by atoms with van der Waals surface area (Å²) in [7, 11) is 1.92. The van der Waals surface area contributed by atoms with Crippen molar-refractivity contribution in [2.75, 3.05) is 5.32 Å². The van der Waals surface area contributed by atoms with E-state index in [1.807, 2.05) is 29.9 Å². The smallest absolute Gasteiger partial charge is 0.269 e. The fourth-order valence-corrected chi connectivity index (χ4v) is 2.90. The van der Waals surface area contributed by atoms with Gasteiger partial charge in [-0.1, -0.05) is 11.8 Å². The average molecular weight is 354 g/mol. The molecule has 0 aliphatic carbocycles. The van der Waals surface area contributed by atoms with Crippen LogP contribution in [-0.4, -0.2) is 20.4 Å². The molecule has 8 heteroatoms. The van der Waals surface area contributed by atoms with Gasteiger partial charge in [0.1, 0.15) is 0 Å². The minimum atomic E-state index is -0.500. The SMILES string of the molecule is Cn1ccnc1Sc1ccc(NC(=O)c2ccc([N+](=O)[O-])cc2)cc1. The first-order chi connectivity index (χ1) is 12.0. The number of nitro benzene ring substituents is 1. The highest BCUT2D eigenvalue weighted by Gasteiger charge is 2.10. The van der Waals surface area contributed by atoms with Gasteiger partial charge >= 0.3 is 0 Å². The summed E-state index contributed by atoms with van der Waals surface area (Å²) in [4.78, 5) is 27.6. The Morgan fingerprint density at radius 2 is 1.84 bits per heavy atom. The summed E-state index contributed by atoms with van der Waals surface area (Å²) in [5, 5.41) is 14.3. The van der Waals surface area contributed by atoms with Gasteiger partial charge in [-0.2, -0.15) is 0 Å². The third kappa shape index (κ3) is 4.04. The molecular formula is C17H14N4O3S. The number of imidazole rings is 1. The quantitative estimate of drug-likeness (QED) is 0.557. The van der Waals surface area contributed by atoms with E-state index in [2.05, 4.69) is 10.3 Å². The molecule has 1 aromatic heterocycles. The molecule has 0 radical (unpaired) electrons. The van der Waals surface area contributed by atoms with E-state index >= 15 is 0 Å². The molecule has 0 unspecified atom stereocenters. The van der Waals surface area contributed by atoms with E-state index in [0.29, 0.717) is 11.3 Å². The number of non-ortho nitro benzene ring substituents is 1. The third-order valence-electron chi connectivity index (χ3n) is 3.44. The number of aromatic nitrogens is 2. The van der Waals surface area contributed by atoms with E-state index in [0.717, 1.165) is 10.1 Å². The lowest BCUT2D eigenvalue weighted by atomic mass is 10.2. The zero-order valence-corrected chi connectivity index (χ0v) is 14.1. The molecule has 126 valence electrons. The molecule has 1 amide bonds. The Morgan fingerprint density at radius 1 is 1.16 bits per heavy atom. The molecule has 1 heterocycles. The van der Waals surface area contributed by atoms with Gasteiger partial charge in [-0.25, -0.2) is 4.98 Å². The molecule has 0 aliphatic heterocycles. The molecule has 1 N–H and O–H groups in total. The van der Waals surface area contributed by atoms with Crippen LogP contribution in [0.4, 0.5) is 11.4 Å². The van der Waals surface area contributed by atoms with Crippen LogP contribution in [0.2, 0.25) is 0 Å². The van der Waals surface area contributed by atoms with Gasteiger partial charge in [0.15, 0.2) is 5.16 Å². The molecule has 0 bridgehead atoms. The summed E-state index contributed by atoms with van der Waals surface area (Å²) in [6.07, 6.45) is 3.61. The number of carbonyl (C=O) groups excluding carboxylic acids is 1. The van der Waals surface area contributed by atoms with Crippen molar-refractivity contribution in [3.05, 3.63) is 76.6 Å². The number of anilines is 1. The molecule has 0 spiro atoms. The number of amides is 1. The highest BCUT2D eigenvalue weighted by Crippen LogP contribution is 2.27. The third-order valence-corrected chi connectivity index (χ3v) is 4.52. The monoisotopic (exact) mass is 354 g/mol. The van der Waals surface area contributed by atoms with Crippen molar-refractivity contribution < 1.29 is 9.72 Å². The van der Waals surface area contributed by atoms with Gasteiger partial charge in [0.2, 0.25) is 0 Å². The summed E-state index contributed by atoms with van der Waals surface area (Å²) in [6, 6.07) is 12.9. The van der Waals surface area contributed by atoms with Crippen molar-refractivity contribution in [2.24, 2.45) is 7.05 Å². The van der Waals surface area contributed by atoms with Crippen LogP contribution < -0.4 is 5.32 Å². The molecule has 0 saturated heterocycles.